The molecule has 1 rings (SSSR count). The van der Waals surface area contributed by atoms with E-state index in [1.807, 2.05) is 27.7 Å². The van der Waals surface area contributed by atoms with Crippen LogP contribution in [0.5, 0.6) is 0 Å². The second-order valence-corrected chi connectivity index (χ2v) is 5.60. The number of aryl methyl sites for hydroxylation is 1. The first-order valence-electron chi connectivity index (χ1n) is 5.58. The average Bonchev–Trinajstić information content (AvgIpc) is 2.13. The van der Waals surface area contributed by atoms with Crippen molar-refractivity contribution < 1.29 is 4.92 Å². The topological polar surface area (TPSA) is 81.0 Å². The molecule has 0 saturated carbocycles. The Bertz CT molecular complexity index is 471. The molecular formula is C11H17ClN4O2. The van der Waals surface area contributed by atoms with Crippen LogP contribution in [-0.4, -0.2) is 20.9 Å². The number of hydrogen-bond acceptors (Lipinski definition) is 5. The van der Waals surface area contributed by atoms with Crippen molar-refractivity contribution in [3.63, 3.8) is 0 Å². The molecule has 0 fully saturated rings. The fourth-order valence-electron chi connectivity index (χ4n) is 1.27. The highest BCUT2D eigenvalue weighted by Crippen LogP contribution is 2.30. The van der Waals surface area contributed by atoms with Gasteiger partial charge in [-0.05, 0) is 30.9 Å². The Labute approximate surface area is 111 Å². The van der Waals surface area contributed by atoms with Gasteiger partial charge in [-0.3, -0.25) is 10.1 Å². The Kier molecular flexibility index (Phi) is 4.11. The molecule has 1 heterocycles. The molecule has 1 N–H and O–H groups in total. The first kappa shape index (κ1) is 14.6. The van der Waals surface area contributed by atoms with Gasteiger partial charge in [0.25, 0.3) is 0 Å². The first-order chi connectivity index (χ1) is 8.12. The summed E-state index contributed by atoms with van der Waals surface area (Å²) in [6.45, 7) is 9.58. The molecule has 1 atom stereocenters. The monoisotopic (exact) mass is 272 g/mol. The summed E-state index contributed by atoms with van der Waals surface area (Å²) in [6, 6.07) is 0.00145. The van der Waals surface area contributed by atoms with Gasteiger partial charge in [-0.15, -0.1) is 0 Å². The summed E-state index contributed by atoms with van der Waals surface area (Å²) < 4.78 is 0. The minimum absolute atomic E-state index is 0.00145. The van der Waals surface area contributed by atoms with Crippen LogP contribution in [0.2, 0.25) is 5.28 Å². The second kappa shape index (κ2) is 5.06. The Morgan fingerprint density at radius 2 is 1.94 bits per heavy atom. The van der Waals surface area contributed by atoms with Gasteiger partial charge in [-0.2, -0.15) is 4.98 Å². The smallest absolute Gasteiger partial charge is 0.332 e. The lowest BCUT2D eigenvalue weighted by molar-refractivity contribution is -0.385. The zero-order chi connectivity index (χ0) is 14.1. The van der Waals surface area contributed by atoms with Crippen LogP contribution in [0, 0.1) is 22.5 Å². The third kappa shape index (κ3) is 3.29. The minimum Gasteiger partial charge on any atom is -0.361 e. The predicted molar refractivity (Wildman–Crippen MR) is 71.0 cm³/mol. The molecule has 0 amide bonds. The second-order valence-electron chi connectivity index (χ2n) is 5.26. The third-order valence-corrected chi connectivity index (χ3v) is 3.03. The maximum atomic E-state index is 11.0. The standard InChI is InChI=1S/C11H17ClN4O2/c1-6-8(16(17)18)9(15-10(12)13-6)14-7(2)11(3,4)5/h7H,1-5H3,(H,13,14,15). The van der Waals surface area contributed by atoms with Crippen LogP contribution in [0.1, 0.15) is 33.4 Å². The van der Waals surface area contributed by atoms with Crippen LogP contribution in [0.15, 0.2) is 0 Å². The molecule has 7 heteroatoms. The summed E-state index contributed by atoms with van der Waals surface area (Å²) in [5, 5.41) is 14.1. The Hall–Kier alpha value is -1.43. The van der Waals surface area contributed by atoms with E-state index in [1.54, 1.807) is 6.92 Å². The molecule has 6 nitrogen and oxygen atoms in total. The zero-order valence-electron chi connectivity index (χ0n) is 11.1. The van der Waals surface area contributed by atoms with E-state index in [-0.39, 0.29) is 33.9 Å². The highest BCUT2D eigenvalue weighted by atomic mass is 35.5. The van der Waals surface area contributed by atoms with Crippen molar-refractivity contribution in [2.24, 2.45) is 5.41 Å². The largest absolute Gasteiger partial charge is 0.361 e. The maximum absolute atomic E-state index is 11.0. The molecule has 1 aromatic rings. The van der Waals surface area contributed by atoms with E-state index in [1.165, 1.54) is 0 Å². The lowest BCUT2D eigenvalue weighted by Gasteiger charge is -2.28. The summed E-state index contributed by atoms with van der Waals surface area (Å²) >= 11 is 5.74. The van der Waals surface area contributed by atoms with Gasteiger partial charge in [-0.25, -0.2) is 4.98 Å². The fourth-order valence-corrected chi connectivity index (χ4v) is 1.48. The molecule has 0 aliphatic rings. The summed E-state index contributed by atoms with van der Waals surface area (Å²) in [5.41, 5.74) is 0.0678. The number of nitrogens with one attached hydrogen (secondary N) is 1. The van der Waals surface area contributed by atoms with Crippen molar-refractivity contribution in [3.8, 4) is 0 Å². The quantitative estimate of drug-likeness (QED) is 0.519. The SMILES string of the molecule is Cc1nc(Cl)nc(NC(C)C(C)(C)C)c1[N+](=O)[O-]. The third-order valence-electron chi connectivity index (χ3n) is 2.87. The van der Waals surface area contributed by atoms with Gasteiger partial charge in [-0.1, -0.05) is 20.8 Å². The molecule has 1 unspecified atom stereocenters. The van der Waals surface area contributed by atoms with E-state index in [4.69, 9.17) is 11.6 Å². The minimum atomic E-state index is -0.497. The van der Waals surface area contributed by atoms with E-state index in [2.05, 4.69) is 15.3 Å². The highest BCUT2D eigenvalue weighted by molar-refractivity contribution is 6.28. The first-order valence-corrected chi connectivity index (χ1v) is 5.95. The number of hydrogen-bond donors (Lipinski definition) is 1. The van der Waals surface area contributed by atoms with Crippen molar-refractivity contribution in [2.75, 3.05) is 5.32 Å². The summed E-state index contributed by atoms with van der Waals surface area (Å²) in [4.78, 5) is 18.2. The average molecular weight is 273 g/mol. The molecule has 0 spiro atoms. The number of halogens is 1. The zero-order valence-corrected chi connectivity index (χ0v) is 11.9. The number of nitro groups is 1. The lowest BCUT2D eigenvalue weighted by atomic mass is 9.88. The van der Waals surface area contributed by atoms with Gasteiger partial charge in [0.1, 0.15) is 5.69 Å². The van der Waals surface area contributed by atoms with Crippen LogP contribution in [-0.2, 0) is 0 Å². The van der Waals surface area contributed by atoms with Crippen molar-refractivity contribution in [1.82, 2.24) is 9.97 Å². The summed E-state index contributed by atoms with van der Waals surface area (Å²) in [7, 11) is 0. The maximum Gasteiger partial charge on any atom is 0.332 e. The van der Waals surface area contributed by atoms with Crippen molar-refractivity contribution in [3.05, 3.63) is 21.1 Å². The molecule has 0 radical (unpaired) electrons. The summed E-state index contributed by atoms with van der Waals surface area (Å²) in [6.07, 6.45) is 0. The molecule has 0 saturated heterocycles. The lowest BCUT2D eigenvalue weighted by Crippen LogP contribution is -2.31. The number of rotatable bonds is 3. The van der Waals surface area contributed by atoms with Crippen molar-refractivity contribution in [1.29, 1.82) is 0 Å². The number of anilines is 1. The Morgan fingerprint density at radius 1 is 1.39 bits per heavy atom. The van der Waals surface area contributed by atoms with E-state index < -0.39 is 4.92 Å². The molecule has 0 aromatic carbocycles. The molecule has 0 aliphatic carbocycles. The van der Waals surface area contributed by atoms with E-state index in [0.29, 0.717) is 0 Å². The van der Waals surface area contributed by atoms with Gasteiger partial charge >= 0.3 is 5.69 Å². The Balaban J connectivity index is 3.19. The van der Waals surface area contributed by atoms with E-state index in [9.17, 15) is 10.1 Å². The van der Waals surface area contributed by atoms with Crippen LogP contribution < -0.4 is 5.32 Å². The molecular weight excluding hydrogens is 256 g/mol. The number of aromatic nitrogens is 2. The van der Waals surface area contributed by atoms with Crippen LogP contribution in [0.25, 0.3) is 0 Å². The van der Waals surface area contributed by atoms with Gasteiger partial charge in [0, 0.05) is 6.04 Å². The molecule has 100 valence electrons. The van der Waals surface area contributed by atoms with Gasteiger partial charge < -0.3 is 5.32 Å². The van der Waals surface area contributed by atoms with Gasteiger partial charge in [0.2, 0.25) is 11.1 Å². The van der Waals surface area contributed by atoms with Crippen molar-refractivity contribution in [2.45, 2.75) is 40.7 Å². The fraction of sp³-hybridized carbons (Fsp3) is 0.636. The molecule has 0 bridgehead atoms. The van der Waals surface area contributed by atoms with Crippen LogP contribution in [0.4, 0.5) is 11.5 Å². The predicted octanol–water partition coefficient (Wildman–Crippen LogP) is 3.19. The van der Waals surface area contributed by atoms with Gasteiger partial charge in [0.05, 0.1) is 4.92 Å². The Morgan fingerprint density at radius 3 is 2.39 bits per heavy atom. The van der Waals surface area contributed by atoms with Crippen LogP contribution in [0.3, 0.4) is 0 Å². The molecule has 18 heavy (non-hydrogen) atoms. The molecule has 0 aliphatic heterocycles. The molecule has 1 aromatic heterocycles. The van der Waals surface area contributed by atoms with Crippen molar-refractivity contribution >= 4 is 23.1 Å². The van der Waals surface area contributed by atoms with E-state index in [0.717, 1.165) is 0 Å². The summed E-state index contributed by atoms with van der Waals surface area (Å²) in [5.74, 6) is 0.167. The van der Waals surface area contributed by atoms with E-state index >= 15 is 0 Å². The number of nitrogens with zero attached hydrogens (tertiary/aromatic N) is 3. The van der Waals surface area contributed by atoms with Gasteiger partial charge in [0.15, 0.2) is 0 Å². The highest BCUT2D eigenvalue weighted by Gasteiger charge is 2.26. The van der Waals surface area contributed by atoms with Crippen LogP contribution >= 0.6 is 11.6 Å². The normalized spacial score (nSPS) is 13.2.